The Hall–Kier alpha value is -4.59. The maximum Gasteiger partial charge on any atom is 0.272 e. The van der Waals surface area contributed by atoms with Crippen molar-refractivity contribution < 1.29 is 23.5 Å². The number of amides is 1. The molecule has 0 bridgehead atoms. The summed E-state index contributed by atoms with van der Waals surface area (Å²) < 4.78 is 24.7. The van der Waals surface area contributed by atoms with E-state index in [2.05, 4.69) is 9.97 Å². The molecule has 2 aromatic carbocycles. The molecule has 1 saturated heterocycles. The number of likely N-dealkylation sites (tertiary alicyclic amines) is 1. The van der Waals surface area contributed by atoms with Crippen molar-refractivity contribution in [3.63, 3.8) is 0 Å². The van der Waals surface area contributed by atoms with Crippen molar-refractivity contribution in [2.75, 3.05) is 13.1 Å². The van der Waals surface area contributed by atoms with E-state index in [9.17, 15) is 14.0 Å². The van der Waals surface area contributed by atoms with Crippen molar-refractivity contribution in [3.05, 3.63) is 113 Å². The average Bonchev–Trinajstić information content (AvgIpc) is 2.96. The van der Waals surface area contributed by atoms with Crippen LogP contribution >= 0.6 is 0 Å². The van der Waals surface area contributed by atoms with Crippen LogP contribution in [-0.2, 0) is 6.42 Å². The summed E-state index contributed by atoms with van der Waals surface area (Å²) in [7, 11) is 0. The molecule has 0 aliphatic carbocycles. The van der Waals surface area contributed by atoms with Gasteiger partial charge in [-0.2, -0.15) is 0 Å². The minimum atomic E-state index is -0.347. The molecule has 1 amide bonds. The molecule has 1 fully saturated rings. The van der Waals surface area contributed by atoms with Crippen molar-refractivity contribution >= 4 is 11.7 Å². The molecule has 0 unspecified atom stereocenters. The van der Waals surface area contributed by atoms with Gasteiger partial charge in [-0.05, 0) is 61.0 Å². The topological polar surface area (TPSA) is 81.6 Å². The number of ketones is 1. The first-order chi connectivity index (χ1) is 18.9. The van der Waals surface area contributed by atoms with Crippen LogP contribution in [-0.4, -0.2) is 45.8 Å². The molecule has 7 nitrogen and oxygen atoms in total. The van der Waals surface area contributed by atoms with Crippen LogP contribution in [0.15, 0.2) is 85.2 Å². The van der Waals surface area contributed by atoms with Gasteiger partial charge in [-0.3, -0.25) is 14.6 Å². The number of aromatic nitrogens is 2. The van der Waals surface area contributed by atoms with Crippen molar-refractivity contribution in [3.8, 4) is 17.4 Å². The number of ether oxygens (including phenoxy) is 2. The molecule has 198 valence electrons. The molecular weight excluding hydrogens is 497 g/mol. The van der Waals surface area contributed by atoms with Crippen molar-refractivity contribution in [2.45, 2.75) is 32.3 Å². The summed E-state index contributed by atoms with van der Waals surface area (Å²) in [5.74, 6) is 1.02. The first-order valence-corrected chi connectivity index (χ1v) is 12.8. The fourth-order valence-corrected chi connectivity index (χ4v) is 4.32. The number of hydrogen-bond donors (Lipinski definition) is 0. The third kappa shape index (κ3) is 6.84. The van der Waals surface area contributed by atoms with E-state index in [1.54, 1.807) is 35.4 Å². The van der Waals surface area contributed by atoms with E-state index >= 15 is 0 Å². The molecule has 0 saturated carbocycles. The zero-order valence-corrected chi connectivity index (χ0v) is 21.5. The Morgan fingerprint density at radius 3 is 2.23 bits per heavy atom. The summed E-state index contributed by atoms with van der Waals surface area (Å²) in [6, 6.07) is 20.3. The van der Waals surface area contributed by atoms with Crippen LogP contribution in [0.2, 0.25) is 0 Å². The van der Waals surface area contributed by atoms with Gasteiger partial charge in [-0.15, -0.1) is 0 Å². The zero-order valence-electron chi connectivity index (χ0n) is 21.5. The normalized spacial score (nSPS) is 13.6. The molecule has 5 rings (SSSR count). The number of carbonyl (C=O) groups is 2. The van der Waals surface area contributed by atoms with Gasteiger partial charge in [0.15, 0.2) is 5.78 Å². The molecule has 0 spiro atoms. The summed E-state index contributed by atoms with van der Waals surface area (Å²) >= 11 is 0. The smallest absolute Gasteiger partial charge is 0.272 e. The van der Waals surface area contributed by atoms with Gasteiger partial charge in [0.05, 0.1) is 0 Å². The molecule has 2 aromatic heterocycles. The Bertz CT molecular complexity index is 1420. The number of halogens is 1. The Morgan fingerprint density at radius 2 is 1.59 bits per heavy atom. The highest BCUT2D eigenvalue weighted by Crippen LogP contribution is 2.22. The number of benzene rings is 2. The SMILES string of the molecule is Cc1ccc(OC2CCN(C(=O)c3ccc(C(=O)Cc4ccc(Oc5ccc(F)cc5)nc4)cn3)CC2)cc1. The number of carbonyl (C=O) groups excluding carboxylic acids is 2. The van der Waals surface area contributed by atoms with Crippen molar-refractivity contribution in [2.24, 2.45) is 0 Å². The van der Waals surface area contributed by atoms with E-state index in [1.165, 1.54) is 36.0 Å². The van der Waals surface area contributed by atoms with Gasteiger partial charge in [0, 0.05) is 56.4 Å². The number of aryl methyl sites for hydroxylation is 1. The van der Waals surface area contributed by atoms with Crippen LogP contribution in [0, 0.1) is 12.7 Å². The minimum absolute atomic E-state index is 0.0720. The highest BCUT2D eigenvalue weighted by Gasteiger charge is 2.25. The average molecular weight is 526 g/mol. The molecule has 1 aliphatic heterocycles. The number of piperidine rings is 1. The number of nitrogens with zero attached hydrogens (tertiary/aromatic N) is 3. The van der Waals surface area contributed by atoms with Gasteiger partial charge in [0.25, 0.3) is 5.91 Å². The van der Waals surface area contributed by atoms with Gasteiger partial charge >= 0.3 is 0 Å². The van der Waals surface area contributed by atoms with Gasteiger partial charge in [-0.25, -0.2) is 9.37 Å². The van der Waals surface area contributed by atoms with E-state index in [1.807, 2.05) is 31.2 Å². The summed E-state index contributed by atoms with van der Waals surface area (Å²) in [5, 5.41) is 0. The lowest BCUT2D eigenvalue weighted by Gasteiger charge is -2.32. The molecule has 8 heteroatoms. The summed E-state index contributed by atoms with van der Waals surface area (Å²) in [6.07, 6.45) is 4.71. The van der Waals surface area contributed by atoms with E-state index in [-0.39, 0.29) is 30.0 Å². The highest BCUT2D eigenvalue weighted by molar-refractivity contribution is 5.98. The second kappa shape index (κ2) is 11.9. The Balaban J connectivity index is 1.11. The minimum Gasteiger partial charge on any atom is -0.490 e. The Kier molecular flexibility index (Phi) is 7.91. The fraction of sp³-hybridized carbons (Fsp3) is 0.226. The van der Waals surface area contributed by atoms with Crippen molar-refractivity contribution in [1.29, 1.82) is 0 Å². The van der Waals surface area contributed by atoms with Crippen LogP contribution in [0.3, 0.4) is 0 Å². The largest absolute Gasteiger partial charge is 0.490 e. The predicted octanol–water partition coefficient (Wildman–Crippen LogP) is 5.83. The third-order valence-corrected chi connectivity index (χ3v) is 6.56. The van der Waals surface area contributed by atoms with Gasteiger partial charge in [-0.1, -0.05) is 23.8 Å². The fourth-order valence-electron chi connectivity index (χ4n) is 4.32. The third-order valence-electron chi connectivity index (χ3n) is 6.56. The maximum absolute atomic E-state index is 13.0. The number of pyridine rings is 2. The maximum atomic E-state index is 13.0. The van der Waals surface area contributed by atoms with Crippen LogP contribution in [0.1, 0.15) is 44.8 Å². The number of rotatable bonds is 8. The zero-order chi connectivity index (χ0) is 27.2. The van der Waals surface area contributed by atoms with E-state index < -0.39 is 0 Å². The molecule has 39 heavy (non-hydrogen) atoms. The monoisotopic (exact) mass is 525 g/mol. The molecule has 3 heterocycles. The van der Waals surface area contributed by atoms with Gasteiger partial charge < -0.3 is 14.4 Å². The summed E-state index contributed by atoms with van der Waals surface area (Å²) in [6.45, 7) is 3.22. The summed E-state index contributed by atoms with van der Waals surface area (Å²) in [4.78, 5) is 36.0. The Labute approximate surface area is 226 Å². The van der Waals surface area contributed by atoms with Crippen molar-refractivity contribution in [1.82, 2.24) is 14.9 Å². The number of hydrogen-bond acceptors (Lipinski definition) is 6. The second-order valence-electron chi connectivity index (χ2n) is 9.52. The van der Waals surface area contributed by atoms with Gasteiger partial charge in [0.1, 0.15) is 29.1 Å². The molecule has 1 aliphatic rings. The van der Waals surface area contributed by atoms with Crippen LogP contribution < -0.4 is 9.47 Å². The molecule has 0 atom stereocenters. The molecule has 0 radical (unpaired) electrons. The van der Waals surface area contributed by atoms with Gasteiger partial charge in [0.2, 0.25) is 5.88 Å². The predicted molar refractivity (Wildman–Crippen MR) is 144 cm³/mol. The Morgan fingerprint density at radius 1 is 0.872 bits per heavy atom. The highest BCUT2D eigenvalue weighted by atomic mass is 19.1. The van der Waals surface area contributed by atoms with E-state index in [0.29, 0.717) is 41.5 Å². The van der Waals surface area contributed by atoms with Crippen LogP contribution in [0.5, 0.6) is 17.4 Å². The quantitative estimate of drug-likeness (QED) is 0.270. The van der Waals surface area contributed by atoms with E-state index in [4.69, 9.17) is 9.47 Å². The first-order valence-electron chi connectivity index (χ1n) is 12.8. The summed E-state index contributed by atoms with van der Waals surface area (Å²) in [5.41, 5.74) is 2.63. The standard InChI is InChI=1S/C31H28FN3O4/c1-21-2-8-25(9-3-21)38-27-14-16-35(17-15-27)31(37)28-12-5-23(20-33-28)29(36)18-22-4-13-30(34-19-22)39-26-10-6-24(32)7-11-26/h2-13,19-20,27H,14-18H2,1H3. The molecule has 0 N–H and O–H groups in total. The van der Waals surface area contributed by atoms with Crippen LogP contribution in [0.25, 0.3) is 0 Å². The lowest BCUT2D eigenvalue weighted by Crippen LogP contribution is -2.42. The second-order valence-corrected chi connectivity index (χ2v) is 9.52. The first kappa shape index (κ1) is 26.0. The van der Waals surface area contributed by atoms with E-state index in [0.717, 1.165) is 18.6 Å². The lowest BCUT2D eigenvalue weighted by molar-refractivity contribution is 0.0589. The lowest BCUT2D eigenvalue weighted by atomic mass is 10.0. The molecular formula is C31H28FN3O4. The number of Topliss-reactive ketones (excluding diaryl/α,β-unsaturated/α-hetero) is 1. The molecule has 4 aromatic rings. The van der Waals surface area contributed by atoms with Crippen LogP contribution in [0.4, 0.5) is 4.39 Å².